The van der Waals surface area contributed by atoms with Crippen LogP contribution in [0.3, 0.4) is 0 Å². The quantitative estimate of drug-likeness (QED) is 0.644. The molecule has 13 heavy (non-hydrogen) atoms. The van der Waals surface area contributed by atoms with E-state index in [4.69, 9.17) is 5.11 Å². The average Bonchev–Trinajstić information content (AvgIpc) is 1.94. The maximum absolute atomic E-state index is 12.2. The molecule has 6 heteroatoms. The second-order valence-corrected chi connectivity index (χ2v) is 4.69. The van der Waals surface area contributed by atoms with Crippen molar-refractivity contribution in [2.24, 2.45) is 0 Å². The van der Waals surface area contributed by atoms with Crippen molar-refractivity contribution in [2.75, 3.05) is 0 Å². The van der Waals surface area contributed by atoms with Gasteiger partial charge in [0, 0.05) is 3.57 Å². The van der Waals surface area contributed by atoms with E-state index in [0.717, 1.165) is 6.07 Å². The molecule has 0 aliphatic rings. The Morgan fingerprint density at radius 1 is 1.15 bits per heavy atom. The van der Waals surface area contributed by atoms with Crippen LogP contribution in [0.4, 0.5) is 13.2 Å². The molecule has 0 radical (unpaired) electrons. The zero-order valence-electron chi connectivity index (χ0n) is 5.99. The van der Waals surface area contributed by atoms with Crippen molar-refractivity contribution in [2.45, 2.75) is 6.18 Å². The highest BCUT2D eigenvalue weighted by Gasteiger charge is 2.34. The van der Waals surface area contributed by atoms with Crippen LogP contribution in [0.5, 0.6) is 5.75 Å². The van der Waals surface area contributed by atoms with Crippen molar-refractivity contribution < 1.29 is 18.3 Å². The van der Waals surface area contributed by atoms with Crippen LogP contribution in [-0.2, 0) is 6.18 Å². The van der Waals surface area contributed by atoms with Gasteiger partial charge in [-0.2, -0.15) is 13.2 Å². The third kappa shape index (κ3) is 2.61. The summed E-state index contributed by atoms with van der Waals surface area (Å²) in [5.74, 6) is -0.700. The first kappa shape index (κ1) is 11.3. The summed E-state index contributed by atoms with van der Waals surface area (Å²) in [4.78, 5) is 0. The highest BCUT2D eigenvalue weighted by molar-refractivity contribution is 14.1. The number of hydrogen-bond donors (Lipinski definition) is 1. The SMILES string of the molecule is Oc1c(I)cc(I)cc1C(F)(F)F. The minimum Gasteiger partial charge on any atom is -0.506 e. The normalized spacial score (nSPS) is 11.8. The zero-order valence-corrected chi connectivity index (χ0v) is 10.3. The second-order valence-electron chi connectivity index (χ2n) is 2.28. The maximum Gasteiger partial charge on any atom is 0.420 e. The fourth-order valence-electron chi connectivity index (χ4n) is 0.782. The minimum atomic E-state index is -4.49. The molecule has 0 aliphatic carbocycles. The standard InChI is InChI=1S/C7H3F3I2O/c8-7(9,10)4-1-3(11)2-5(12)6(4)13/h1-2,13H. The van der Waals surface area contributed by atoms with Crippen LogP contribution in [0, 0.1) is 7.14 Å². The number of aromatic hydroxyl groups is 1. The lowest BCUT2D eigenvalue weighted by Gasteiger charge is -2.10. The predicted molar refractivity (Wildman–Crippen MR) is 58.5 cm³/mol. The summed E-state index contributed by atoms with van der Waals surface area (Å²) < 4.78 is 37.4. The molecule has 1 N–H and O–H groups in total. The van der Waals surface area contributed by atoms with E-state index >= 15 is 0 Å². The topological polar surface area (TPSA) is 20.2 Å². The highest BCUT2D eigenvalue weighted by Crippen LogP contribution is 2.38. The van der Waals surface area contributed by atoms with E-state index in [1.807, 2.05) is 0 Å². The summed E-state index contributed by atoms with van der Waals surface area (Å²) in [6.07, 6.45) is -4.49. The summed E-state index contributed by atoms with van der Waals surface area (Å²) >= 11 is 3.43. The molecule has 0 fully saturated rings. The van der Waals surface area contributed by atoms with E-state index in [2.05, 4.69) is 0 Å². The van der Waals surface area contributed by atoms with Crippen molar-refractivity contribution in [3.8, 4) is 5.75 Å². The molecule has 0 atom stereocenters. The molecule has 0 aliphatic heterocycles. The van der Waals surface area contributed by atoms with Crippen LogP contribution >= 0.6 is 45.2 Å². The Hall–Kier alpha value is 0.270. The number of rotatable bonds is 0. The molecule has 0 saturated carbocycles. The van der Waals surface area contributed by atoms with E-state index in [1.54, 1.807) is 45.2 Å². The number of phenolic OH excluding ortho intramolecular Hbond substituents is 1. The van der Waals surface area contributed by atoms with Crippen LogP contribution in [0.15, 0.2) is 12.1 Å². The zero-order chi connectivity index (χ0) is 10.2. The molecular weight excluding hydrogens is 411 g/mol. The Morgan fingerprint density at radius 2 is 1.69 bits per heavy atom. The Balaban J connectivity index is 3.37. The van der Waals surface area contributed by atoms with Gasteiger partial charge in [-0.05, 0) is 57.3 Å². The van der Waals surface area contributed by atoms with Gasteiger partial charge < -0.3 is 5.11 Å². The minimum absolute atomic E-state index is 0.205. The third-order valence-electron chi connectivity index (χ3n) is 1.33. The van der Waals surface area contributed by atoms with Gasteiger partial charge in [0.1, 0.15) is 5.75 Å². The average molecular weight is 414 g/mol. The molecule has 1 aromatic rings. The van der Waals surface area contributed by atoms with Crippen LogP contribution in [0.1, 0.15) is 5.56 Å². The van der Waals surface area contributed by atoms with Gasteiger partial charge in [0.25, 0.3) is 0 Å². The van der Waals surface area contributed by atoms with Crippen LogP contribution in [0.25, 0.3) is 0 Å². The first-order valence-electron chi connectivity index (χ1n) is 3.07. The molecular formula is C7H3F3I2O. The number of halogens is 5. The van der Waals surface area contributed by atoms with Crippen molar-refractivity contribution in [1.29, 1.82) is 0 Å². The number of hydrogen-bond acceptors (Lipinski definition) is 1. The molecule has 1 nitrogen and oxygen atoms in total. The molecule has 0 heterocycles. The van der Waals surface area contributed by atoms with E-state index in [1.165, 1.54) is 6.07 Å². The molecule has 0 unspecified atom stereocenters. The van der Waals surface area contributed by atoms with Crippen molar-refractivity contribution >= 4 is 45.2 Å². The smallest absolute Gasteiger partial charge is 0.420 e. The molecule has 0 aromatic heterocycles. The van der Waals surface area contributed by atoms with Crippen LogP contribution in [-0.4, -0.2) is 5.11 Å². The van der Waals surface area contributed by atoms with Gasteiger partial charge in [-0.15, -0.1) is 0 Å². The van der Waals surface area contributed by atoms with E-state index in [-0.39, 0.29) is 3.57 Å². The fraction of sp³-hybridized carbons (Fsp3) is 0.143. The Bertz CT molecular complexity index is 335. The van der Waals surface area contributed by atoms with Crippen LogP contribution in [0.2, 0.25) is 0 Å². The highest BCUT2D eigenvalue weighted by atomic mass is 127. The van der Waals surface area contributed by atoms with Gasteiger partial charge in [0.2, 0.25) is 0 Å². The lowest BCUT2D eigenvalue weighted by molar-refractivity contribution is -0.138. The van der Waals surface area contributed by atoms with Gasteiger partial charge in [0.05, 0.1) is 9.13 Å². The molecule has 0 saturated heterocycles. The summed E-state index contributed by atoms with van der Waals surface area (Å²) in [6.45, 7) is 0. The fourth-order valence-corrected chi connectivity index (χ4v) is 2.63. The monoisotopic (exact) mass is 414 g/mol. The number of benzene rings is 1. The lowest BCUT2D eigenvalue weighted by atomic mass is 10.2. The predicted octanol–water partition coefficient (Wildman–Crippen LogP) is 3.62. The first-order chi connectivity index (χ1) is 5.82. The molecule has 1 rings (SSSR count). The van der Waals surface area contributed by atoms with Crippen molar-refractivity contribution in [3.05, 3.63) is 24.8 Å². The lowest BCUT2D eigenvalue weighted by Crippen LogP contribution is -2.06. The molecule has 0 spiro atoms. The van der Waals surface area contributed by atoms with Gasteiger partial charge in [-0.25, -0.2) is 0 Å². The van der Waals surface area contributed by atoms with Gasteiger partial charge in [0.15, 0.2) is 0 Å². The van der Waals surface area contributed by atoms with E-state index < -0.39 is 17.5 Å². The second kappa shape index (κ2) is 3.79. The molecule has 0 amide bonds. The molecule has 1 aromatic carbocycles. The van der Waals surface area contributed by atoms with Gasteiger partial charge >= 0.3 is 6.18 Å². The summed E-state index contributed by atoms with van der Waals surface area (Å²) in [5, 5.41) is 9.13. The van der Waals surface area contributed by atoms with Crippen molar-refractivity contribution in [3.63, 3.8) is 0 Å². The summed E-state index contributed by atoms with van der Waals surface area (Å²) in [5.41, 5.74) is -0.983. The summed E-state index contributed by atoms with van der Waals surface area (Å²) in [6, 6.07) is 2.39. The molecule has 0 bridgehead atoms. The van der Waals surface area contributed by atoms with E-state index in [0.29, 0.717) is 3.57 Å². The Labute approximate surface area is 99.6 Å². The largest absolute Gasteiger partial charge is 0.506 e. The number of alkyl halides is 3. The molecule has 72 valence electrons. The van der Waals surface area contributed by atoms with Crippen LogP contribution < -0.4 is 0 Å². The number of phenols is 1. The first-order valence-corrected chi connectivity index (χ1v) is 5.23. The van der Waals surface area contributed by atoms with Crippen molar-refractivity contribution in [1.82, 2.24) is 0 Å². The van der Waals surface area contributed by atoms with Gasteiger partial charge in [-0.3, -0.25) is 0 Å². The summed E-state index contributed by atoms with van der Waals surface area (Å²) in [7, 11) is 0. The van der Waals surface area contributed by atoms with Gasteiger partial charge in [-0.1, -0.05) is 0 Å². The Morgan fingerprint density at radius 3 is 2.15 bits per heavy atom. The van der Waals surface area contributed by atoms with E-state index in [9.17, 15) is 13.2 Å². The Kier molecular flexibility index (Phi) is 3.31. The maximum atomic E-state index is 12.2. The third-order valence-corrected chi connectivity index (χ3v) is 2.78.